The molecular formula is C24H20N2O2. The van der Waals surface area contributed by atoms with Crippen molar-refractivity contribution in [3.05, 3.63) is 108 Å². The number of furan rings is 2. The third-order valence-electron chi connectivity index (χ3n) is 4.64. The summed E-state index contributed by atoms with van der Waals surface area (Å²) in [6, 6.07) is 26.1. The Balaban J connectivity index is 1.52. The van der Waals surface area contributed by atoms with E-state index in [0.717, 1.165) is 29.2 Å². The van der Waals surface area contributed by atoms with E-state index in [4.69, 9.17) is 8.83 Å². The summed E-state index contributed by atoms with van der Waals surface area (Å²) in [5, 5.41) is 9.32. The maximum Gasteiger partial charge on any atom is 0.117 e. The van der Waals surface area contributed by atoms with Crippen molar-refractivity contribution in [1.82, 2.24) is 4.90 Å². The molecule has 4 nitrogen and oxygen atoms in total. The van der Waals surface area contributed by atoms with Gasteiger partial charge in [0.15, 0.2) is 0 Å². The first kappa shape index (κ1) is 17.8. The molecule has 2 aromatic carbocycles. The first-order chi connectivity index (χ1) is 13.8. The van der Waals surface area contributed by atoms with Gasteiger partial charge in [-0.2, -0.15) is 5.26 Å². The van der Waals surface area contributed by atoms with Crippen LogP contribution in [0.4, 0.5) is 0 Å². The molecule has 0 aliphatic rings. The van der Waals surface area contributed by atoms with E-state index in [9.17, 15) is 5.26 Å². The van der Waals surface area contributed by atoms with Crippen LogP contribution in [0.25, 0.3) is 11.1 Å². The maximum atomic E-state index is 9.32. The van der Waals surface area contributed by atoms with Gasteiger partial charge in [-0.15, -0.1) is 0 Å². The topological polar surface area (TPSA) is 53.3 Å². The Morgan fingerprint density at radius 3 is 1.93 bits per heavy atom. The molecule has 28 heavy (non-hydrogen) atoms. The van der Waals surface area contributed by atoms with Gasteiger partial charge in [-0.05, 0) is 47.0 Å². The molecule has 0 bridgehead atoms. The van der Waals surface area contributed by atoms with Crippen LogP contribution < -0.4 is 0 Å². The molecule has 0 unspecified atom stereocenters. The number of nitriles is 1. The number of hydrogen-bond donors (Lipinski definition) is 0. The van der Waals surface area contributed by atoms with Crippen molar-refractivity contribution in [2.75, 3.05) is 0 Å². The molecule has 0 saturated carbocycles. The van der Waals surface area contributed by atoms with Gasteiger partial charge in [-0.25, -0.2) is 0 Å². The van der Waals surface area contributed by atoms with Crippen molar-refractivity contribution >= 4 is 0 Å². The molecule has 0 spiro atoms. The average molecular weight is 368 g/mol. The van der Waals surface area contributed by atoms with Crippen LogP contribution in [0.5, 0.6) is 0 Å². The number of benzene rings is 2. The van der Waals surface area contributed by atoms with E-state index >= 15 is 0 Å². The summed E-state index contributed by atoms with van der Waals surface area (Å²) in [6.07, 6.45) is 3.39. The molecule has 0 atom stereocenters. The average Bonchev–Trinajstić information content (AvgIpc) is 3.43. The fourth-order valence-corrected chi connectivity index (χ4v) is 3.29. The van der Waals surface area contributed by atoms with Gasteiger partial charge < -0.3 is 8.83 Å². The molecule has 0 aliphatic heterocycles. The Morgan fingerprint density at radius 1 is 0.714 bits per heavy atom. The summed E-state index contributed by atoms with van der Waals surface area (Å²) in [6.45, 7) is 2.17. The van der Waals surface area contributed by atoms with Crippen LogP contribution in [0, 0.1) is 11.3 Å². The summed E-state index contributed by atoms with van der Waals surface area (Å²) in [5.41, 5.74) is 3.88. The summed E-state index contributed by atoms with van der Waals surface area (Å²) in [7, 11) is 0. The van der Waals surface area contributed by atoms with Gasteiger partial charge in [0.1, 0.15) is 11.5 Å². The summed E-state index contributed by atoms with van der Waals surface area (Å²) >= 11 is 0. The standard InChI is InChI=1S/C24H20N2O2/c25-15-21-5-1-2-8-24(21)20-11-9-19(10-12-20)16-26(17-22-6-3-13-27-22)18-23-7-4-14-28-23/h1-14H,16-18H2. The SMILES string of the molecule is N#Cc1ccccc1-c1ccc(CN(Cc2ccco2)Cc2ccco2)cc1. The van der Waals surface area contributed by atoms with Gasteiger partial charge in [-0.3, -0.25) is 4.90 Å². The Labute approximate surface area is 164 Å². The van der Waals surface area contributed by atoms with Crippen LogP contribution in [-0.4, -0.2) is 4.90 Å². The minimum absolute atomic E-state index is 0.688. The molecule has 4 rings (SSSR count). The van der Waals surface area contributed by atoms with E-state index in [1.54, 1.807) is 12.5 Å². The zero-order valence-corrected chi connectivity index (χ0v) is 15.4. The Hall–Kier alpha value is -3.55. The van der Waals surface area contributed by atoms with E-state index in [2.05, 4.69) is 35.2 Å². The van der Waals surface area contributed by atoms with Crippen LogP contribution in [0.15, 0.2) is 94.2 Å². The Kier molecular flexibility index (Phi) is 5.37. The molecule has 0 radical (unpaired) electrons. The third-order valence-corrected chi connectivity index (χ3v) is 4.64. The lowest BCUT2D eigenvalue weighted by Crippen LogP contribution is -2.21. The van der Waals surface area contributed by atoms with Crippen molar-refractivity contribution < 1.29 is 8.83 Å². The first-order valence-electron chi connectivity index (χ1n) is 9.17. The predicted molar refractivity (Wildman–Crippen MR) is 107 cm³/mol. The normalized spacial score (nSPS) is 10.9. The molecule has 0 N–H and O–H groups in total. The second kappa shape index (κ2) is 8.43. The van der Waals surface area contributed by atoms with Crippen LogP contribution >= 0.6 is 0 Å². The highest BCUT2D eigenvalue weighted by molar-refractivity contribution is 5.70. The summed E-state index contributed by atoms with van der Waals surface area (Å²) < 4.78 is 11.0. The quantitative estimate of drug-likeness (QED) is 0.425. The third kappa shape index (κ3) is 4.22. The van der Waals surface area contributed by atoms with Gasteiger partial charge in [0.05, 0.1) is 37.2 Å². The molecule has 0 amide bonds. The van der Waals surface area contributed by atoms with Gasteiger partial charge in [0, 0.05) is 6.54 Å². The van der Waals surface area contributed by atoms with Gasteiger partial charge in [-0.1, -0.05) is 42.5 Å². The maximum absolute atomic E-state index is 9.32. The fourth-order valence-electron chi connectivity index (χ4n) is 3.29. The molecular weight excluding hydrogens is 348 g/mol. The molecule has 2 heterocycles. The van der Waals surface area contributed by atoms with Crippen LogP contribution in [-0.2, 0) is 19.6 Å². The van der Waals surface area contributed by atoms with E-state index in [1.165, 1.54) is 5.56 Å². The predicted octanol–water partition coefficient (Wildman–Crippen LogP) is 5.61. The highest BCUT2D eigenvalue weighted by atomic mass is 16.3. The minimum atomic E-state index is 0.688. The van der Waals surface area contributed by atoms with E-state index in [1.807, 2.05) is 48.5 Å². The van der Waals surface area contributed by atoms with E-state index in [-0.39, 0.29) is 0 Å². The van der Waals surface area contributed by atoms with Crippen molar-refractivity contribution in [2.45, 2.75) is 19.6 Å². The van der Waals surface area contributed by atoms with Crippen molar-refractivity contribution in [1.29, 1.82) is 5.26 Å². The van der Waals surface area contributed by atoms with Crippen molar-refractivity contribution in [3.63, 3.8) is 0 Å². The molecule has 4 heteroatoms. The fraction of sp³-hybridized carbons (Fsp3) is 0.125. The first-order valence-corrected chi connectivity index (χ1v) is 9.17. The highest BCUT2D eigenvalue weighted by Crippen LogP contribution is 2.24. The molecule has 0 saturated heterocycles. The minimum Gasteiger partial charge on any atom is -0.468 e. The lowest BCUT2D eigenvalue weighted by atomic mass is 9.99. The van der Waals surface area contributed by atoms with Gasteiger partial charge in [0.2, 0.25) is 0 Å². The molecule has 0 fully saturated rings. The number of nitrogens with zero attached hydrogens (tertiary/aromatic N) is 2. The number of rotatable bonds is 7. The lowest BCUT2D eigenvalue weighted by Gasteiger charge is -2.20. The van der Waals surface area contributed by atoms with Crippen LogP contribution in [0.2, 0.25) is 0 Å². The summed E-state index contributed by atoms with van der Waals surface area (Å²) in [4.78, 5) is 2.27. The van der Waals surface area contributed by atoms with Crippen molar-refractivity contribution in [2.24, 2.45) is 0 Å². The lowest BCUT2D eigenvalue weighted by molar-refractivity contribution is 0.209. The van der Waals surface area contributed by atoms with E-state index in [0.29, 0.717) is 18.7 Å². The highest BCUT2D eigenvalue weighted by Gasteiger charge is 2.12. The molecule has 0 aliphatic carbocycles. The zero-order valence-electron chi connectivity index (χ0n) is 15.4. The molecule has 2 aromatic heterocycles. The second-order valence-corrected chi connectivity index (χ2v) is 6.66. The summed E-state index contributed by atoms with van der Waals surface area (Å²) in [5.74, 6) is 1.84. The molecule has 138 valence electrons. The van der Waals surface area contributed by atoms with Crippen LogP contribution in [0.1, 0.15) is 22.6 Å². The van der Waals surface area contributed by atoms with E-state index < -0.39 is 0 Å². The smallest absolute Gasteiger partial charge is 0.117 e. The monoisotopic (exact) mass is 368 g/mol. The van der Waals surface area contributed by atoms with Crippen molar-refractivity contribution in [3.8, 4) is 17.2 Å². The van der Waals surface area contributed by atoms with Crippen LogP contribution in [0.3, 0.4) is 0 Å². The Bertz CT molecular complexity index is 1010. The molecule has 4 aromatic rings. The Morgan fingerprint density at radius 2 is 1.36 bits per heavy atom. The largest absolute Gasteiger partial charge is 0.468 e. The van der Waals surface area contributed by atoms with Gasteiger partial charge in [0.25, 0.3) is 0 Å². The number of hydrogen-bond acceptors (Lipinski definition) is 4. The van der Waals surface area contributed by atoms with Gasteiger partial charge >= 0.3 is 0 Å². The zero-order chi connectivity index (χ0) is 19.2. The second-order valence-electron chi connectivity index (χ2n) is 6.66.